The van der Waals surface area contributed by atoms with Crippen LogP contribution in [0.15, 0.2) is 18.2 Å². The molecular formula is C16H23ClFN. The first-order valence-electron chi connectivity index (χ1n) is 7.23. The topological polar surface area (TPSA) is 3.24 Å². The van der Waals surface area contributed by atoms with Gasteiger partial charge < -0.3 is 4.90 Å². The Balaban J connectivity index is 2.33. The zero-order valence-electron chi connectivity index (χ0n) is 11.8. The predicted octanol–water partition coefficient (Wildman–Crippen LogP) is 4.97. The lowest BCUT2D eigenvalue weighted by Gasteiger charge is -2.34. The van der Waals surface area contributed by atoms with Crippen molar-refractivity contribution in [2.75, 3.05) is 11.4 Å². The van der Waals surface area contributed by atoms with Crippen LogP contribution < -0.4 is 4.90 Å². The summed E-state index contributed by atoms with van der Waals surface area (Å²) in [5.41, 5.74) is 1.65. The first kappa shape index (κ1) is 14.6. The summed E-state index contributed by atoms with van der Waals surface area (Å²) in [6.07, 6.45) is 4.99. The average Bonchev–Trinajstić information content (AvgIpc) is 2.89. The van der Waals surface area contributed by atoms with E-state index in [1.54, 1.807) is 6.07 Å². The quantitative estimate of drug-likeness (QED) is 0.690. The highest BCUT2D eigenvalue weighted by Gasteiger charge is 2.25. The summed E-state index contributed by atoms with van der Waals surface area (Å²) >= 11 is 5.96. The third-order valence-corrected chi connectivity index (χ3v) is 4.13. The van der Waals surface area contributed by atoms with Crippen molar-refractivity contribution in [3.8, 4) is 0 Å². The minimum Gasteiger partial charge on any atom is -0.368 e. The maximum Gasteiger partial charge on any atom is 0.129 e. The van der Waals surface area contributed by atoms with Crippen LogP contribution in [0.25, 0.3) is 0 Å². The molecule has 3 heteroatoms. The summed E-state index contributed by atoms with van der Waals surface area (Å²) in [6, 6.07) is 5.86. The van der Waals surface area contributed by atoms with Crippen molar-refractivity contribution in [3.05, 3.63) is 29.6 Å². The summed E-state index contributed by atoms with van der Waals surface area (Å²) in [6.45, 7) is 5.39. The molecule has 0 unspecified atom stereocenters. The van der Waals surface area contributed by atoms with Gasteiger partial charge in [0.05, 0.1) is 5.88 Å². The van der Waals surface area contributed by atoms with Gasteiger partial charge in [-0.1, -0.05) is 32.8 Å². The molecule has 0 radical (unpaired) electrons. The molecule has 1 aliphatic rings. The van der Waals surface area contributed by atoms with E-state index in [1.807, 2.05) is 6.07 Å². The Kier molecular flexibility index (Phi) is 5.09. The van der Waals surface area contributed by atoms with Crippen molar-refractivity contribution < 1.29 is 4.39 Å². The molecule has 0 aliphatic heterocycles. The second-order valence-electron chi connectivity index (χ2n) is 5.86. The number of hydrogen-bond donors (Lipinski definition) is 0. The Labute approximate surface area is 120 Å². The van der Waals surface area contributed by atoms with E-state index < -0.39 is 0 Å². The molecule has 0 aromatic heterocycles. The molecule has 0 amide bonds. The Morgan fingerprint density at radius 2 is 2.00 bits per heavy atom. The van der Waals surface area contributed by atoms with E-state index in [0.29, 0.717) is 17.5 Å². The van der Waals surface area contributed by atoms with E-state index in [2.05, 4.69) is 18.7 Å². The van der Waals surface area contributed by atoms with Gasteiger partial charge in [0.15, 0.2) is 0 Å². The molecular weight excluding hydrogens is 261 g/mol. The summed E-state index contributed by atoms with van der Waals surface area (Å²) in [5, 5.41) is 0. The van der Waals surface area contributed by atoms with Crippen molar-refractivity contribution in [2.45, 2.75) is 51.5 Å². The van der Waals surface area contributed by atoms with Crippen LogP contribution in [0.1, 0.15) is 45.1 Å². The lowest BCUT2D eigenvalue weighted by atomic mass is 10.1. The van der Waals surface area contributed by atoms with Gasteiger partial charge >= 0.3 is 0 Å². The molecule has 1 aromatic rings. The van der Waals surface area contributed by atoms with Crippen molar-refractivity contribution >= 4 is 17.3 Å². The van der Waals surface area contributed by atoms with E-state index in [0.717, 1.165) is 12.2 Å². The van der Waals surface area contributed by atoms with E-state index in [4.69, 9.17) is 11.6 Å². The van der Waals surface area contributed by atoms with Crippen LogP contribution in [-0.4, -0.2) is 12.6 Å². The van der Waals surface area contributed by atoms with E-state index in [9.17, 15) is 4.39 Å². The van der Waals surface area contributed by atoms with Crippen LogP contribution in [0.3, 0.4) is 0 Å². The van der Waals surface area contributed by atoms with Crippen LogP contribution in [0.4, 0.5) is 10.1 Å². The monoisotopic (exact) mass is 283 g/mol. The number of alkyl halides is 1. The number of anilines is 1. The normalized spacial score (nSPS) is 16.3. The van der Waals surface area contributed by atoms with Crippen LogP contribution in [-0.2, 0) is 5.88 Å². The second-order valence-corrected chi connectivity index (χ2v) is 6.12. The third kappa shape index (κ3) is 3.42. The van der Waals surface area contributed by atoms with Gasteiger partial charge in [0.1, 0.15) is 5.82 Å². The molecule has 1 nitrogen and oxygen atoms in total. The number of nitrogens with zero attached hydrogens (tertiary/aromatic N) is 1. The van der Waals surface area contributed by atoms with Crippen molar-refractivity contribution in [2.24, 2.45) is 5.92 Å². The van der Waals surface area contributed by atoms with Crippen LogP contribution >= 0.6 is 11.6 Å². The Hall–Kier alpha value is -0.760. The Morgan fingerprint density at radius 1 is 1.32 bits per heavy atom. The van der Waals surface area contributed by atoms with Crippen molar-refractivity contribution in [1.29, 1.82) is 0 Å². The minimum absolute atomic E-state index is 0.181. The summed E-state index contributed by atoms with van der Waals surface area (Å²) in [5.74, 6) is 0.620. The van der Waals surface area contributed by atoms with Crippen LogP contribution in [0.2, 0.25) is 0 Å². The first-order valence-corrected chi connectivity index (χ1v) is 7.77. The Morgan fingerprint density at radius 3 is 2.58 bits per heavy atom. The second kappa shape index (κ2) is 6.60. The fourth-order valence-corrected chi connectivity index (χ4v) is 3.27. The molecule has 19 heavy (non-hydrogen) atoms. The molecule has 0 heterocycles. The maximum atomic E-state index is 13.9. The summed E-state index contributed by atoms with van der Waals surface area (Å²) in [7, 11) is 0. The molecule has 1 fully saturated rings. The zero-order valence-corrected chi connectivity index (χ0v) is 12.6. The third-order valence-electron chi connectivity index (χ3n) is 3.86. The van der Waals surface area contributed by atoms with Gasteiger partial charge in [-0.3, -0.25) is 0 Å². The van der Waals surface area contributed by atoms with Crippen LogP contribution in [0.5, 0.6) is 0 Å². The largest absolute Gasteiger partial charge is 0.368 e. The highest BCUT2D eigenvalue weighted by molar-refractivity contribution is 6.17. The molecule has 0 spiro atoms. The molecule has 106 valence electrons. The molecule has 1 saturated carbocycles. The van der Waals surface area contributed by atoms with Gasteiger partial charge in [0.25, 0.3) is 0 Å². The number of hydrogen-bond acceptors (Lipinski definition) is 1. The predicted molar refractivity (Wildman–Crippen MR) is 80.4 cm³/mol. The van der Waals surface area contributed by atoms with E-state index in [-0.39, 0.29) is 11.7 Å². The summed E-state index contributed by atoms with van der Waals surface area (Å²) in [4.78, 5) is 2.39. The van der Waals surface area contributed by atoms with Gasteiger partial charge in [-0.05, 0) is 30.9 Å². The fourth-order valence-electron chi connectivity index (χ4n) is 3.00. The van der Waals surface area contributed by atoms with Gasteiger partial charge in [-0.15, -0.1) is 11.6 Å². The van der Waals surface area contributed by atoms with E-state index >= 15 is 0 Å². The van der Waals surface area contributed by atoms with Gasteiger partial charge in [0.2, 0.25) is 0 Å². The SMILES string of the molecule is CC(C)CN(c1cccc(F)c1CCl)C1CCCC1. The van der Waals surface area contributed by atoms with Crippen molar-refractivity contribution in [3.63, 3.8) is 0 Å². The molecule has 1 aromatic carbocycles. The molecule has 0 saturated heterocycles. The number of halogens is 2. The molecule has 0 bridgehead atoms. The lowest BCUT2D eigenvalue weighted by Crippen LogP contribution is -2.37. The zero-order chi connectivity index (χ0) is 13.8. The lowest BCUT2D eigenvalue weighted by molar-refractivity contribution is 0.531. The van der Waals surface area contributed by atoms with Crippen LogP contribution in [0, 0.1) is 11.7 Å². The van der Waals surface area contributed by atoms with Crippen molar-refractivity contribution in [1.82, 2.24) is 0 Å². The standard InChI is InChI=1S/C16H23ClFN/c1-12(2)11-19(13-6-3-4-7-13)16-9-5-8-15(18)14(16)10-17/h5,8-9,12-13H,3-4,6-7,10-11H2,1-2H3. The number of rotatable bonds is 5. The maximum absolute atomic E-state index is 13.9. The van der Waals surface area contributed by atoms with E-state index in [1.165, 1.54) is 31.7 Å². The highest BCUT2D eigenvalue weighted by atomic mass is 35.5. The first-order chi connectivity index (χ1) is 9.13. The van der Waals surface area contributed by atoms with Gasteiger partial charge in [-0.2, -0.15) is 0 Å². The smallest absolute Gasteiger partial charge is 0.129 e. The fraction of sp³-hybridized carbons (Fsp3) is 0.625. The molecule has 0 N–H and O–H groups in total. The van der Waals surface area contributed by atoms with Gasteiger partial charge in [0, 0.05) is 23.8 Å². The summed E-state index contributed by atoms with van der Waals surface area (Å²) < 4.78 is 13.9. The molecule has 0 atom stereocenters. The number of benzene rings is 1. The highest BCUT2D eigenvalue weighted by Crippen LogP contribution is 2.33. The Bertz CT molecular complexity index is 413. The molecule has 1 aliphatic carbocycles. The average molecular weight is 284 g/mol. The molecule has 2 rings (SSSR count). The van der Waals surface area contributed by atoms with Gasteiger partial charge in [-0.25, -0.2) is 4.39 Å². The minimum atomic E-state index is -0.181.